The Balaban J connectivity index is 1.71. The van der Waals surface area contributed by atoms with E-state index in [1.807, 2.05) is 75.4 Å². The molecule has 3 rings (SSSR count). The van der Waals surface area contributed by atoms with Gasteiger partial charge in [-0.3, -0.25) is 4.79 Å². The maximum atomic E-state index is 12.0. The maximum Gasteiger partial charge on any atom is 0.248 e. The van der Waals surface area contributed by atoms with Crippen LogP contribution in [0.2, 0.25) is 0 Å². The molecule has 2 aromatic carbocycles. The van der Waals surface area contributed by atoms with Gasteiger partial charge in [-0.1, -0.05) is 39.0 Å². The molecule has 0 atom stereocenters. The molecule has 0 saturated carbocycles. The Kier molecular flexibility index (Phi) is 4.65. The van der Waals surface area contributed by atoms with Gasteiger partial charge in [-0.2, -0.15) is 0 Å². The Bertz CT molecular complexity index is 847. The van der Waals surface area contributed by atoms with E-state index < -0.39 is 0 Å². The van der Waals surface area contributed by atoms with Gasteiger partial charge in [0.25, 0.3) is 0 Å². The van der Waals surface area contributed by atoms with Crippen molar-refractivity contribution in [2.24, 2.45) is 5.41 Å². The molecule has 0 radical (unpaired) electrons. The topological polar surface area (TPSA) is 68.0 Å². The molecule has 1 amide bonds. The second-order valence-corrected chi connectivity index (χ2v) is 7.14. The summed E-state index contributed by atoms with van der Waals surface area (Å²) in [6.45, 7) is 6.11. The number of aromatic nitrogens is 2. The molecule has 0 bridgehead atoms. The summed E-state index contributed by atoms with van der Waals surface area (Å²) in [4.78, 5) is 12.0. The first kappa shape index (κ1) is 16.9. The van der Waals surface area contributed by atoms with E-state index in [0.717, 1.165) is 16.8 Å². The molecule has 25 heavy (non-hydrogen) atoms. The predicted octanol–water partition coefficient (Wildman–Crippen LogP) is 4.78. The van der Waals surface area contributed by atoms with Gasteiger partial charge in [0.15, 0.2) is 0 Å². The molecular formula is C20H21N3O2. The SMILES string of the molecule is CC(C)(C)CC(=O)Nc1ccc(-c2nnc(-c3ccccc3)o2)cc1. The zero-order valence-electron chi connectivity index (χ0n) is 14.6. The molecule has 5 nitrogen and oxygen atoms in total. The van der Waals surface area contributed by atoms with Crippen molar-refractivity contribution in [1.29, 1.82) is 0 Å². The first-order valence-corrected chi connectivity index (χ1v) is 8.20. The van der Waals surface area contributed by atoms with Crippen LogP contribution in [-0.4, -0.2) is 16.1 Å². The van der Waals surface area contributed by atoms with E-state index in [1.165, 1.54) is 0 Å². The van der Waals surface area contributed by atoms with Crippen LogP contribution >= 0.6 is 0 Å². The highest BCUT2D eigenvalue weighted by molar-refractivity contribution is 5.91. The number of nitrogens with one attached hydrogen (secondary N) is 1. The van der Waals surface area contributed by atoms with Gasteiger partial charge in [0.1, 0.15) is 0 Å². The molecule has 0 saturated heterocycles. The smallest absolute Gasteiger partial charge is 0.248 e. The number of rotatable bonds is 4. The molecule has 3 aromatic rings. The molecule has 1 aromatic heterocycles. The summed E-state index contributed by atoms with van der Waals surface area (Å²) in [5, 5.41) is 11.1. The maximum absolute atomic E-state index is 12.0. The third-order valence-electron chi connectivity index (χ3n) is 3.55. The second-order valence-electron chi connectivity index (χ2n) is 7.14. The minimum atomic E-state index is -0.0401. The van der Waals surface area contributed by atoms with E-state index in [2.05, 4.69) is 15.5 Å². The lowest BCUT2D eigenvalue weighted by molar-refractivity contribution is -0.117. The highest BCUT2D eigenvalue weighted by Gasteiger charge is 2.16. The van der Waals surface area contributed by atoms with E-state index in [9.17, 15) is 4.79 Å². The zero-order chi connectivity index (χ0) is 17.9. The van der Waals surface area contributed by atoms with Crippen LogP contribution in [0.15, 0.2) is 59.0 Å². The number of anilines is 1. The van der Waals surface area contributed by atoms with Crippen molar-refractivity contribution >= 4 is 11.6 Å². The van der Waals surface area contributed by atoms with Gasteiger partial charge in [-0.15, -0.1) is 10.2 Å². The minimum Gasteiger partial charge on any atom is -0.416 e. The third-order valence-corrected chi connectivity index (χ3v) is 3.55. The van der Waals surface area contributed by atoms with Crippen LogP contribution < -0.4 is 5.32 Å². The Hall–Kier alpha value is -2.95. The molecule has 1 N–H and O–H groups in total. The molecule has 0 unspecified atom stereocenters. The summed E-state index contributed by atoms with van der Waals surface area (Å²) in [7, 11) is 0. The third kappa shape index (κ3) is 4.53. The van der Waals surface area contributed by atoms with E-state index in [4.69, 9.17) is 4.42 Å². The molecule has 0 spiro atoms. The Morgan fingerprint density at radius 2 is 1.48 bits per heavy atom. The van der Waals surface area contributed by atoms with Crippen molar-refractivity contribution in [3.8, 4) is 22.9 Å². The lowest BCUT2D eigenvalue weighted by Crippen LogP contribution is -2.19. The second kappa shape index (κ2) is 6.89. The number of amides is 1. The van der Waals surface area contributed by atoms with Crippen LogP contribution in [0.1, 0.15) is 27.2 Å². The van der Waals surface area contributed by atoms with E-state index in [0.29, 0.717) is 18.2 Å². The summed E-state index contributed by atoms with van der Waals surface area (Å²) in [5.74, 6) is 0.939. The van der Waals surface area contributed by atoms with Crippen LogP contribution in [0, 0.1) is 5.41 Å². The lowest BCUT2D eigenvalue weighted by atomic mass is 9.92. The molecule has 0 aliphatic heterocycles. The summed E-state index contributed by atoms with van der Waals surface area (Å²) in [6.07, 6.45) is 0.471. The fraction of sp³-hybridized carbons (Fsp3) is 0.250. The van der Waals surface area contributed by atoms with Gasteiger partial charge in [-0.25, -0.2) is 0 Å². The summed E-state index contributed by atoms with van der Waals surface area (Å²) in [5.41, 5.74) is 2.40. The number of carbonyl (C=O) groups is 1. The largest absolute Gasteiger partial charge is 0.416 e. The quantitative estimate of drug-likeness (QED) is 0.745. The Morgan fingerprint density at radius 3 is 2.04 bits per heavy atom. The average molecular weight is 335 g/mol. The Morgan fingerprint density at radius 1 is 0.920 bits per heavy atom. The highest BCUT2D eigenvalue weighted by atomic mass is 16.4. The van der Waals surface area contributed by atoms with Gasteiger partial charge < -0.3 is 9.73 Å². The average Bonchev–Trinajstić information content (AvgIpc) is 3.04. The van der Waals surface area contributed by atoms with Crippen LogP contribution in [-0.2, 0) is 4.79 Å². The first-order chi connectivity index (χ1) is 11.9. The molecule has 0 aliphatic carbocycles. The van der Waals surface area contributed by atoms with Crippen molar-refractivity contribution in [1.82, 2.24) is 10.2 Å². The molecule has 0 aliphatic rings. The number of hydrogen-bond acceptors (Lipinski definition) is 4. The van der Waals surface area contributed by atoms with Crippen molar-refractivity contribution in [2.75, 3.05) is 5.32 Å². The van der Waals surface area contributed by atoms with Crippen molar-refractivity contribution in [3.63, 3.8) is 0 Å². The van der Waals surface area contributed by atoms with Gasteiger partial charge >= 0.3 is 0 Å². The normalized spacial score (nSPS) is 11.3. The van der Waals surface area contributed by atoms with Crippen molar-refractivity contribution in [2.45, 2.75) is 27.2 Å². The van der Waals surface area contributed by atoms with E-state index >= 15 is 0 Å². The molecule has 128 valence electrons. The summed E-state index contributed by atoms with van der Waals surface area (Å²) < 4.78 is 5.73. The van der Waals surface area contributed by atoms with E-state index in [-0.39, 0.29) is 11.3 Å². The fourth-order valence-corrected chi connectivity index (χ4v) is 2.42. The number of nitrogens with zero attached hydrogens (tertiary/aromatic N) is 2. The number of hydrogen-bond donors (Lipinski definition) is 1. The van der Waals surface area contributed by atoms with Crippen LogP contribution in [0.5, 0.6) is 0 Å². The summed E-state index contributed by atoms with van der Waals surface area (Å²) in [6, 6.07) is 17.0. The number of benzene rings is 2. The first-order valence-electron chi connectivity index (χ1n) is 8.20. The van der Waals surface area contributed by atoms with Crippen molar-refractivity contribution in [3.05, 3.63) is 54.6 Å². The van der Waals surface area contributed by atoms with Gasteiger partial charge in [0.05, 0.1) is 0 Å². The van der Waals surface area contributed by atoms with Gasteiger partial charge in [0.2, 0.25) is 17.7 Å². The van der Waals surface area contributed by atoms with Crippen LogP contribution in [0.4, 0.5) is 5.69 Å². The standard InChI is InChI=1S/C20H21N3O2/c1-20(2,3)13-17(24)21-16-11-9-15(10-12-16)19-23-22-18(25-19)14-7-5-4-6-8-14/h4-12H,13H2,1-3H3,(H,21,24). The molecule has 1 heterocycles. The van der Waals surface area contributed by atoms with Gasteiger partial charge in [-0.05, 0) is 41.8 Å². The van der Waals surface area contributed by atoms with Crippen molar-refractivity contribution < 1.29 is 9.21 Å². The Labute approximate surface area is 147 Å². The van der Waals surface area contributed by atoms with E-state index in [1.54, 1.807) is 0 Å². The lowest BCUT2D eigenvalue weighted by Gasteiger charge is -2.17. The number of carbonyl (C=O) groups excluding carboxylic acids is 1. The minimum absolute atomic E-state index is 0.00408. The fourth-order valence-electron chi connectivity index (χ4n) is 2.42. The monoisotopic (exact) mass is 335 g/mol. The molecule has 0 fully saturated rings. The van der Waals surface area contributed by atoms with Gasteiger partial charge in [0, 0.05) is 23.2 Å². The molecule has 5 heteroatoms. The van der Waals surface area contributed by atoms with Crippen LogP contribution in [0.25, 0.3) is 22.9 Å². The van der Waals surface area contributed by atoms with Crippen LogP contribution in [0.3, 0.4) is 0 Å². The summed E-state index contributed by atoms with van der Waals surface area (Å²) >= 11 is 0. The molecular weight excluding hydrogens is 314 g/mol. The highest BCUT2D eigenvalue weighted by Crippen LogP contribution is 2.25. The zero-order valence-corrected chi connectivity index (χ0v) is 14.6. The predicted molar refractivity (Wildman–Crippen MR) is 97.9 cm³/mol.